The molecule has 1 aromatic heterocycles. The van der Waals surface area contributed by atoms with Gasteiger partial charge in [0.2, 0.25) is 0 Å². The number of rotatable bonds is 5. The second-order valence-corrected chi connectivity index (χ2v) is 3.83. The molecule has 19 heavy (non-hydrogen) atoms. The van der Waals surface area contributed by atoms with Crippen molar-refractivity contribution >= 4 is 17.8 Å². The van der Waals surface area contributed by atoms with Crippen LogP contribution >= 0.6 is 0 Å². The Bertz CT molecular complexity index is 432. The monoisotopic (exact) mass is 267 g/mol. The second kappa shape index (κ2) is 7.11. The molecule has 0 aliphatic heterocycles. The Morgan fingerprint density at radius 1 is 1.21 bits per heavy atom. The lowest BCUT2D eigenvalue weighted by molar-refractivity contribution is 0.0947. The highest BCUT2D eigenvalue weighted by atomic mass is 16.2. The molecule has 0 aromatic carbocycles. The topological polar surface area (TPSA) is 125 Å². The van der Waals surface area contributed by atoms with Crippen LogP contribution in [0.5, 0.6) is 0 Å². The van der Waals surface area contributed by atoms with E-state index in [1.807, 2.05) is 0 Å². The first kappa shape index (κ1) is 14.6. The van der Waals surface area contributed by atoms with Gasteiger partial charge in [0.05, 0.1) is 0 Å². The van der Waals surface area contributed by atoms with Crippen molar-refractivity contribution < 1.29 is 9.59 Å². The number of hydrogen-bond donors (Lipinski definition) is 4. The third-order valence-electron chi connectivity index (χ3n) is 2.14. The number of hydrazine groups is 1. The molecule has 0 aliphatic rings. The van der Waals surface area contributed by atoms with Crippen molar-refractivity contribution in [2.24, 2.45) is 5.84 Å². The van der Waals surface area contributed by atoms with Gasteiger partial charge in [0.25, 0.3) is 5.91 Å². The molecule has 1 aromatic rings. The van der Waals surface area contributed by atoms with E-state index in [4.69, 9.17) is 5.84 Å². The molecule has 5 N–H and O–H groups in total. The Labute approximate surface area is 110 Å². The summed E-state index contributed by atoms with van der Waals surface area (Å²) in [6, 6.07) is 2.82. The zero-order chi connectivity index (χ0) is 14.3. The summed E-state index contributed by atoms with van der Waals surface area (Å²) in [5.41, 5.74) is 2.49. The molecule has 0 spiro atoms. The lowest BCUT2D eigenvalue weighted by atomic mass is 10.3. The molecule has 0 saturated heterocycles. The molecule has 0 aliphatic carbocycles. The van der Waals surface area contributed by atoms with Gasteiger partial charge in [-0.1, -0.05) is 0 Å². The Morgan fingerprint density at radius 2 is 1.89 bits per heavy atom. The van der Waals surface area contributed by atoms with Crippen LogP contribution in [0.3, 0.4) is 0 Å². The molecule has 3 amide bonds. The summed E-state index contributed by atoms with van der Waals surface area (Å²) in [7, 11) is 3.27. The van der Waals surface area contributed by atoms with Crippen molar-refractivity contribution in [3.8, 4) is 0 Å². The van der Waals surface area contributed by atoms with Crippen LogP contribution in [0.2, 0.25) is 0 Å². The standard InChI is InChI=1S/C10H17N7O2/c1-17(2)10(19)13-6-5-12-9(18)7-3-4-8(14-11)16-15-7/h3-4H,5-6,11H2,1-2H3,(H,12,18)(H,13,19)(H,14,16). The number of anilines is 1. The highest BCUT2D eigenvalue weighted by Crippen LogP contribution is 1.99. The number of urea groups is 1. The number of amides is 3. The van der Waals surface area contributed by atoms with Crippen molar-refractivity contribution in [1.82, 2.24) is 25.7 Å². The minimum Gasteiger partial charge on any atom is -0.349 e. The number of nitrogen functional groups attached to an aromatic ring is 1. The summed E-state index contributed by atoms with van der Waals surface area (Å²) in [6.07, 6.45) is 0. The van der Waals surface area contributed by atoms with E-state index in [1.165, 1.54) is 17.0 Å². The van der Waals surface area contributed by atoms with Crippen LogP contribution in [0.15, 0.2) is 12.1 Å². The van der Waals surface area contributed by atoms with E-state index in [1.54, 1.807) is 14.1 Å². The van der Waals surface area contributed by atoms with E-state index in [0.29, 0.717) is 18.9 Å². The molecule has 0 radical (unpaired) electrons. The Morgan fingerprint density at radius 3 is 2.42 bits per heavy atom. The van der Waals surface area contributed by atoms with Crippen LogP contribution in [-0.2, 0) is 0 Å². The summed E-state index contributed by atoms with van der Waals surface area (Å²) < 4.78 is 0. The lowest BCUT2D eigenvalue weighted by Gasteiger charge is -2.12. The molecule has 0 unspecified atom stereocenters. The van der Waals surface area contributed by atoms with Crippen molar-refractivity contribution in [3.63, 3.8) is 0 Å². The summed E-state index contributed by atoms with van der Waals surface area (Å²) in [4.78, 5) is 24.2. The zero-order valence-corrected chi connectivity index (χ0v) is 10.8. The summed E-state index contributed by atoms with van der Waals surface area (Å²) >= 11 is 0. The number of hydrogen-bond acceptors (Lipinski definition) is 6. The van der Waals surface area contributed by atoms with Gasteiger partial charge < -0.3 is 21.0 Å². The molecule has 9 heteroatoms. The maximum atomic E-state index is 11.6. The van der Waals surface area contributed by atoms with E-state index in [-0.39, 0.29) is 17.6 Å². The zero-order valence-electron chi connectivity index (χ0n) is 10.8. The molecular formula is C10H17N7O2. The van der Waals surface area contributed by atoms with Crippen LogP contribution in [0, 0.1) is 0 Å². The Balaban J connectivity index is 2.33. The van der Waals surface area contributed by atoms with Crippen molar-refractivity contribution in [1.29, 1.82) is 0 Å². The molecule has 0 saturated carbocycles. The van der Waals surface area contributed by atoms with Gasteiger partial charge in [0.15, 0.2) is 11.5 Å². The van der Waals surface area contributed by atoms with Crippen molar-refractivity contribution in [2.75, 3.05) is 32.6 Å². The van der Waals surface area contributed by atoms with Gasteiger partial charge >= 0.3 is 6.03 Å². The van der Waals surface area contributed by atoms with Gasteiger partial charge in [-0.15, -0.1) is 10.2 Å². The van der Waals surface area contributed by atoms with Crippen LogP contribution in [-0.4, -0.2) is 54.2 Å². The van der Waals surface area contributed by atoms with Gasteiger partial charge in [-0.05, 0) is 12.1 Å². The van der Waals surface area contributed by atoms with Crippen LogP contribution in [0.1, 0.15) is 10.5 Å². The molecule has 0 atom stereocenters. The molecule has 104 valence electrons. The normalized spacial score (nSPS) is 9.63. The first-order chi connectivity index (χ1) is 9.04. The lowest BCUT2D eigenvalue weighted by Crippen LogP contribution is -2.39. The molecule has 0 fully saturated rings. The van der Waals surface area contributed by atoms with Crippen LogP contribution < -0.4 is 21.9 Å². The van der Waals surface area contributed by atoms with Crippen molar-refractivity contribution in [3.05, 3.63) is 17.8 Å². The number of carbonyl (C=O) groups excluding carboxylic acids is 2. The number of nitrogens with zero attached hydrogens (tertiary/aromatic N) is 3. The summed E-state index contributed by atoms with van der Waals surface area (Å²) in [5.74, 6) is 5.13. The molecular weight excluding hydrogens is 250 g/mol. The van der Waals surface area contributed by atoms with E-state index in [9.17, 15) is 9.59 Å². The molecule has 1 rings (SSSR count). The quantitative estimate of drug-likeness (QED) is 0.300. The van der Waals surface area contributed by atoms with E-state index >= 15 is 0 Å². The Kier molecular flexibility index (Phi) is 5.48. The molecule has 0 bridgehead atoms. The summed E-state index contributed by atoms with van der Waals surface area (Å²) in [5, 5.41) is 12.6. The third kappa shape index (κ3) is 4.76. The maximum Gasteiger partial charge on any atom is 0.316 e. The van der Waals surface area contributed by atoms with Gasteiger partial charge in [-0.25, -0.2) is 10.6 Å². The average molecular weight is 267 g/mol. The first-order valence-electron chi connectivity index (χ1n) is 5.58. The minimum absolute atomic E-state index is 0.179. The third-order valence-corrected chi connectivity index (χ3v) is 2.14. The van der Waals surface area contributed by atoms with Gasteiger partial charge in [0, 0.05) is 27.2 Å². The Hall–Kier alpha value is -2.42. The van der Waals surface area contributed by atoms with Gasteiger partial charge in [0.1, 0.15) is 0 Å². The smallest absolute Gasteiger partial charge is 0.316 e. The van der Waals surface area contributed by atoms with Crippen molar-refractivity contribution in [2.45, 2.75) is 0 Å². The van der Waals surface area contributed by atoms with E-state index in [2.05, 4.69) is 26.3 Å². The fourth-order valence-electron chi connectivity index (χ4n) is 1.12. The molecule has 9 nitrogen and oxygen atoms in total. The fraction of sp³-hybridized carbons (Fsp3) is 0.400. The predicted octanol–water partition coefficient (Wildman–Crippen LogP) is -1.24. The minimum atomic E-state index is -0.366. The number of aromatic nitrogens is 2. The van der Waals surface area contributed by atoms with E-state index < -0.39 is 0 Å². The number of nitrogens with two attached hydrogens (primary N) is 1. The number of carbonyl (C=O) groups is 2. The second-order valence-electron chi connectivity index (χ2n) is 3.83. The maximum absolute atomic E-state index is 11.6. The average Bonchev–Trinajstić information content (AvgIpc) is 2.43. The highest BCUT2D eigenvalue weighted by Gasteiger charge is 2.07. The van der Waals surface area contributed by atoms with E-state index in [0.717, 1.165) is 0 Å². The predicted molar refractivity (Wildman–Crippen MR) is 69.3 cm³/mol. The first-order valence-corrected chi connectivity index (χ1v) is 5.58. The van der Waals surface area contributed by atoms with Crippen LogP contribution in [0.4, 0.5) is 10.6 Å². The number of nitrogens with one attached hydrogen (secondary N) is 3. The SMILES string of the molecule is CN(C)C(=O)NCCNC(=O)c1ccc(NN)nn1. The largest absolute Gasteiger partial charge is 0.349 e. The highest BCUT2D eigenvalue weighted by molar-refractivity contribution is 5.92. The fourth-order valence-corrected chi connectivity index (χ4v) is 1.12. The van der Waals surface area contributed by atoms with Gasteiger partial charge in [-0.3, -0.25) is 4.79 Å². The summed E-state index contributed by atoms with van der Waals surface area (Å²) in [6.45, 7) is 0.635. The van der Waals surface area contributed by atoms with Gasteiger partial charge in [-0.2, -0.15) is 0 Å². The molecule has 1 heterocycles. The van der Waals surface area contributed by atoms with Crippen LogP contribution in [0.25, 0.3) is 0 Å².